The van der Waals surface area contributed by atoms with Crippen LogP contribution in [0.1, 0.15) is 17.2 Å². The van der Waals surface area contributed by atoms with Crippen LogP contribution in [0.25, 0.3) is 0 Å². The van der Waals surface area contributed by atoms with Crippen LogP contribution in [0.2, 0.25) is 0 Å². The Morgan fingerprint density at radius 2 is 1.61 bits per heavy atom. The standard InChI is InChI=1S/C24H18BrFN2O3/c1-14-7-10-16(11-8-14)27-23(29)20-21(15-9-12-19(26)18(25)13-15)28(31-22(20)24(27)30)17-5-3-2-4-6-17/h2-13,20-22H,1H3/t20-,21-,22+/m0/s1. The van der Waals surface area contributed by atoms with Crippen molar-refractivity contribution >= 4 is 39.1 Å². The van der Waals surface area contributed by atoms with Gasteiger partial charge >= 0.3 is 0 Å². The van der Waals surface area contributed by atoms with Gasteiger partial charge in [-0.1, -0.05) is 42.0 Å². The van der Waals surface area contributed by atoms with E-state index in [2.05, 4.69) is 15.9 Å². The lowest BCUT2D eigenvalue weighted by Gasteiger charge is -2.29. The summed E-state index contributed by atoms with van der Waals surface area (Å²) in [6, 6.07) is 20.5. The summed E-state index contributed by atoms with van der Waals surface area (Å²) in [6.07, 6.45) is -0.956. The van der Waals surface area contributed by atoms with Gasteiger partial charge in [0.15, 0.2) is 6.10 Å². The molecular weight excluding hydrogens is 463 g/mol. The molecule has 2 aliphatic rings. The molecule has 2 aliphatic heterocycles. The van der Waals surface area contributed by atoms with E-state index in [9.17, 15) is 14.0 Å². The van der Waals surface area contributed by atoms with Crippen LogP contribution in [0.3, 0.4) is 0 Å². The van der Waals surface area contributed by atoms with E-state index in [1.165, 1.54) is 11.0 Å². The van der Waals surface area contributed by atoms with Gasteiger partial charge in [0.1, 0.15) is 11.7 Å². The number of halogens is 2. The Kier molecular flexibility index (Phi) is 4.87. The Bertz CT molecular complexity index is 1170. The van der Waals surface area contributed by atoms with Gasteiger partial charge in [-0.15, -0.1) is 0 Å². The molecule has 156 valence electrons. The van der Waals surface area contributed by atoms with Crippen LogP contribution < -0.4 is 9.96 Å². The zero-order valence-electron chi connectivity index (χ0n) is 16.5. The summed E-state index contributed by atoms with van der Waals surface area (Å²) in [5.74, 6) is -1.89. The molecule has 5 rings (SSSR count). The molecule has 2 heterocycles. The second-order valence-corrected chi connectivity index (χ2v) is 8.53. The molecule has 0 radical (unpaired) electrons. The smallest absolute Gasteiger partial charge is 0.266 e. The lowest BCUT2D eigenvalue weighted by atomic mass is 9.90. The lowest BCUT2D eigenvalue weighted by molar-refractivity contribution is -0.126. The summed E-state index contributed by atoms with van der Waals surface area (Å²) in [4.78, 5) is 34.0. The number of rotatable bonds is 3. The Hall–Kier alpha value is -3.03. The molecule has 0 bridgehead atoms. The van der Waals surface area contributed by atoms with Crippen LogP contribution in [-0.4, -0.2) is 17.9 Å². The number of para-hydroxylation sites is 1. The van der Waals surface area contributed by atoms with Gasteiger partial charge in [-0.05, 0) is 64.8 Å². The molecule has 0 N–H and O–H groups in total. The third kappa shape index (κ3) is 3.25. The van der Waals surface area contributed by atoms with E-state index in [-0.39, 0.29) is 10.4 Å². The predicted octanol–water partition coefficient (Wildman–Crippen LogP) is 4.95. The molecule has 2 amide bonds. The number of carbonyl (C=O) groups is 2. The number of fused-ring (bicyclic) bond motifs is 1. The van der Waals surface area contributed by atoms with Crippen LogP contribution in [0.4, 0.5) is 15.8 Å². The quantitative estimate of drug-likeness (QED) is 0.497. The fourth-order valence-electron chi connectivity index (χ4n) is 4.20. The lowest BCUT2D eigenvalue weighted by Crippen LogP contribution is -2.37. The van der Waals surface area contributed by atoms with Crippen molar-refractivity contribution in [1.29, 1.82) is 0 Å². The second-order valence-electron chi connectivity index (χ2n) is 7.68. The number of anilines is 2. The van der Waals surface area contributed by atoms with Gasteiger partial charge in [0.05, 0.1) is 21.9 Å². The minimum atomic E-state index is -0.956. The number of hydroxylamine groups is 1. The molecule has 3 aromatic rings. The molecule has 3 aromatic carbocycles. The molecule has 2 fully saturated rings. The summed E-state index contributed by atoms with van der Waals surface area (Å²) in [5.41, 5.74) is 2.94. The van der Waals surface area contributed by atoms with Crippen LogP contribution in [0, 0.1) is 18.7 Å². The zero-order chi connectivity index (χ0) is 21.7. The summed E-state index contributed by atoms with van der Waals surface area (Å²) in [5, 5.41) is 1.59. The molecule has 0 aliphatic carbocycles. The monoisotopic (exact) mass is 480 g/mol. The van der Waals surface area contributed by atoms with Gasteiger partial charge in [0, 0.05) is 0 Å². The number of hydrogen-bond acceptors (Lipinski definition) is 4. The Morgan fingerprint density at radius 3 is 2.29 bits per heavy atom. The number of amides is 2. The molecule has 0 aromatic heterocycles. The van der Waals surface area contributed by atoms with Crippen molar-refractivity contribution in [2.24, 2.45) is 5.92 Å². The first-order valence-electron chi connectivity index (χ1n) is 9.86. The molecule has 0 unspecified atom stereocenters. The van der Waals surface area contributed by atoms with Crippen LogP contribution >= 0.6 is 15.9 Å². The van der Waals surface area contributed by atoms with Crippen molar-refractivity contribution in [2.45, 2.75) is 19.1 Å². The molecule has 0 spiro atoms. The van der Waals surface area contributed by atoms with Crippen molar-refractivity contribution in [3.63, 3.8) is 0 Å². The van der Waals surface area contributed by atoms with Gasteiger partial charge in [0.2, 0.25) is 5.91 Å². The maximum atomic E-state index is 13.9. The maximum absolute atomic E-state index is 13.9. The number of benzene rings is 3. The van der Waals surface area contributed by atoms with Gasteiger partial charge < -0.3 is 0 Å². The fraction of sp³-hybridized carbons (Fsp3) is 0.167. The van der Waals surface area contributed by atoms with E-state index >= 15 is 0 Å². The van der Waals surface area contributed by atoms with Gasteiger partial charge in [-0.2, -0.15) is 0 Å². The Labute approximate surface area is 187 Å². The van der Waals surface area contributed by atoms with Gasteiger partial charge in [0.25, 0.3) is 5.91 Å². The highest BCUT2D eigenvalue weighted by Gasteiger charge is 2.60. The highest BCUT2D eigenvalue weighted by molar-refractivity contribution is 9.10. The van der Waals surface area contributed by atoms with Crippen LogP contribution in [0.15, 0.2) is 77.3 Å². The SMILES string of the molecule is Cc1ccc(N2C(=O)[C@@H]3[C@@H](ON(c4ccccc4)[C@H]3c3ccc(F)c(Br)c3)C2=O)cc1. The minimum absolute atomic E-state index is 0.286. The average molecular weight is 481 g/mol. The summed E-state index contributed by atoms with van der Waals surface area (Å²) >= 11 is 3.23. The third-order valence-electron chi connectivity index (χ3n) is 5.70. The molecule has 31 heavy (non-hydrogen) atoms. The number of carbonyl (C=O) groups excluding carboxylic acids is 2. The van der Waals surface area contributed by atoms with E-state index in [4.69, 9.17) is 4.84 Å². The summed E-state index contributed by atoms with van der Waals surface area (Å²) in [6.45, 7) is 1.94. The van der Waals surface area contributed by atoms with Crippen LogP contribution in [-0.2, 0) is 14.4 Å². The first kappa shape index (κ1) is 19.9. The maximum Gasteiger partial charge on any atom is 0.266 e. The molecule has 3 atom stereocenters. The Balaban J connectivity index is 1.60. The van der Waals surface area contributed by atoms with E-state index in [0.29, 0.717) is 16.9 Å². The average Bonchev–Trinajstić information content (AvgIpc) is 3.28. The minimum Gasteiger partial charge on any atom is -0.273 e. The van der Waals surface area contributed by atoms with Gasteiger partial charge in [-0.3, -0.25) is 14.4 Å². The van der Waals surface area contributed by atoms with E-state index in [1.54, 1.807) is 29.3 Å². The number of imide groups is 1. The van der Waals surface area contributed by atoms with Crippen molar-refractivity contribution in [2.75, 3.05) is 9.96 Å². The zero-order valence-corrected chi connectivity index (χ0v) is 18.1. The largest absolute Gasteiger partial charge is 0.273 e. The Morgan fingerprint density at radius 1 is 0.903 bits per heavy atom. The molecule has 0 saturated carbocycles. The third-order valence-corrected chi connectivity index (χ3v) is 6.31. The summed E-state index contributed by atoms with van der Waals surface area (Å²) in [7, 11) is 0. The number of aryl methyl sites for hydroxylation is 1. The first-order chi connectivity index (χ1) is 15.0. The van der Waals surface area contributed by atoms with Crippen molar-refractivity contribution in [3.8, 4) is 0 Å². The highest BCUT2D eigenvalue weighted by atomic mass is 79.9. The fourth-order valence-corrected chi connectivity index (χ4v) is 4.59. The molecule has 2 saturated heterocycles. The van der Waals surface area contributed by atoms with E-state index in [1.807, 2.05) is 49.4 Å². The van der Waals surface area contributed by atoms with Crippen LogP contribution in [0.5, 0.6) is 0 Å². The topological polar surface area (TPSA) is 49.9 Å². The number of nitrogens with zero attached hydrogens (tertiary/aromatic N) is 2. The molecular formula is C24H18BrFN2O3. The van der Waals surface area contributed by atoms with Gasteiger partial charge in [-0.25, -0.2) is 14.4 Å². The number of hydrogen-bond donors (Lipinski definition) is 0. The van der Waals surface area contributed by atoms with Crippen molar-refractivity contribution < 1.29 is 18.8 Å². The molecule has 7 heteroatoms. The molecule has 5 nitrogen and oxygen atoms in total. The van der Waals surface area contributed by atoms with Crippen molar-refractivity contribution in [3.05, 3.63) is 94.2 Å². The highest BCUT2D eigenvalue weighted by Crippen LogP contribution is 2.48. The van der Waals surface area contributed by atoms with E-state index in [0.717, 1.165) is 5.56 Å². The van der Waals surface area contributed by atoms with Crippen molar-refractivity contribution in [1.82, 2.24) is 0 Å². The normalized spacial score (nSPS) is 22.9. The predicted molar refractivity (Wildman–Crippen MR) is 118 cm³/mol. The van der Waals surface area contributed by atoms with E-state index < -0.39 is 29.8 Å². The second kappa shape index (κ2) is 7.59. The first-order valence-corrected chi connectivity index (χ1v) is 10.7. The summed E-state index contributed by atoms with van der Waals surface area (Å²) < 4.78 is 14.2.